The van der Waals surface area contributed by atoms with Gasteiger partial charge >= 0.3 is 0 Å². The van der Waals surface area contributed by atoms with Crippen LogP contribution < -0.4 is 0 Å². The molecule has 100 valence electrons. The predicted octanol–water partition coefficient (Wildman–Crippen LogP) is 4.53. The second kappa shape index (κ2) is 7.65. The zero-order chi connectivity index (χ0) is 13.5. The van der Waals surface area contributed by atoms with Crippen molar-refractivity contribution in [3.8, 4) is 0 Å². The molecule has 0 aliphatic heterocycles. The fraction of sp³-hybridized carbons (Fsp3) is 0.500. The van der Waals surface area contributed by atoms with E-state index in [4.69, 9.17) is 23.2 Å². The van der Waals surface area contributed by atoms with Crippen LogP contribution in [0.25, 0.3) is 0 Å². The molecule has 1 rings (SSSR count). The number of halogens is 2. The molecule has 0 aliphatic rings. The van der Waals surface area contributed by atoms with E-state index in [9.17, 15) is 4.79 Å². The van der Waals surface area contributed by atoms with Crippen LogP contribution in [0.4, 0.5) is 0 Å². The molecule has 18 heavy (non-hydrogen) atoms. The maximum Gasteiger partial charge on any atom is 0.222 e. The lowest BCUT2D eigenvalue weighted by atomic mass is 10.1. The highest BCUT2D eigenvalue weighted by Gasteiger charge is 2.09. The number of unbranched alkanes of at least 4 members (excludes halogenated alkanes) is 2. The Hall–Kier alpha value is -0.730. The first-order valence-corrected chi connectivity index (χ1v) is 6.98. The van der Waals surface area contributed by atoms with E-state index in [0.29, 0.717) is 23.0 Å². The van der Waals surface area contributed by atoms with E-state index in [1.165, 1.54) is 0 Å². The van der Waals surface area contributed by atoms with E-state index in [1.807, 2.05) is 13.1 Å². The SMILES string of the molecule is CCCCCC(=O)N(C)Cc1ccc(Cl)c(Cl)c1. The van der Waals surface area contributed by atoms with E-state index in [-0.39, 0.29) is 5.91 Å². The molecule has 0 fully saturated rings. The van der Waals surface area contributed by atoms with Gasteiger partial charge in [0.25, 0.3) is 0 Å². The van der Waals surface area contributed by atoms with Gasteiger partial charge in [-0.05, 0) is 24.1 Å². The number of amides is 1. The van der Waals surface area contributed by atoms with Crippen LogP contribution >= 0.6 is 23.2 Å². The zero-order valence-corrected chi connectivity index (χ0v) is 12.4. The van der Waals surface area contributed by atoms with Crippen LogP contribution in [0.2, 0.25) is 10.0 Å². The highest BCUT2D eigenvalue weighted by atomic mass is 35.5. The molecule has 0 heterocycles. The van der Waals surface area contributed by atoms with E-state index in [1.54, 1.807) is 17.0 Å². The van der Waals surface area contributed by atoms with Crippen LogP contribution in [-0.4, -0.2) is 17.9 Å². The Morgan fingerprint density at radius 1 is 1.22 bits per heavy atom. The van der Waals surface area contributed by atoms with Crippen molar-refractivity contribution in [1.82, 2.24) is 4.90 Å². The highest BCUT2D eigenvalue weighted by molar-refractivity contribution is 6.42. The van der Waals surface area contributed by atoms with E-state index in [2.05, 4.69) is 6.92 Å². The van der Waals surface area contributed by atoms with Crippen molar-refractivity contribution in [2.45, 2.75) is 39.2 Å². The van der Waals surface area contributed by atoms with Crippen LogP contribution in [0.15, 0.2) is 18.2 Å². The van der Waals surface area contributed by atoms with Gasteiger partial charge in [0, 0.05) is 20.0 Å². The van der Waals surface area contributed by atoms with Crippen LogP contribution in [0.5, 0.6) is 0 Å². The standard InChI is InChI=1S/C14H19Cl2NO/c1-3-4-5-6-14(18)17(2)10-11-7-8-12(15)13(16)9-11/h7-9H,3-6,10H2,1-2H3. The lowest BCUT2D eigenvalue weighted by Gasteiger charge is -2.17. The molecule has 4 heteroatoms. The van der Waals surface area contributed by atoms with Gasteiger partial charge in [-0.15, -0.1) is 0 Å². The summed E-state index contributed by atoms with van der Waals surface area (Å²) in [5, 5.41) is 1.07. The first-order chi connectivity index (χ1) is 8.54. The van der Waals surface area contributed by atoms with Crippen molar-refractivity contribution in [2.75, 3.05) is 7.05 Å². The van der Waals surface area contributed by atoms with E-state index >= 15 is 0 Å². The summed E-state index contributed by atoms with van der Waals surface area (Å²) < 4.78 is 0. The Morgan fingerprint density at radius 2 is 1.94 bits per heavy atom. The third kappa shape index (κ3) is 4.87. The normalized spacial score (nSPS) is 10.4. The number of hydrogen-bond acceptors (Lipinski definition) is 1. The average molecular weight is 288 g/mol. The van der Waals surface area contributed by atoms with Gasteiger partial charge in [0.15, 0.2) is 0 Å². The molecular formula is C14H19Cl2NO. The molecule has 0 aliphatic carbocycles. The first kappa shape index (κ1) is 15.3. The second-order valence-electron chi connectivity index (χ2n) is 4.46. The molecule has 0 aromatic heterocycles. The monoisotopic (exact) mass is 287 g/mol. The number of carbonyl (C=O) groups is 1. The quantitative estimate of drug-likeness (QED) is 0.704. The summed E-state index contributed by atoms with van der Waals surface area (Å²) in [6, 6.07) is 5.46. The molecule has 0 bridgehead atoms. The number of carbonyl (C=O) groups excluding carboxylic acids is 1. The Kier molecular flexibility index (Phi) is 6.51. The number of rotatable bonds is 6. The molecule has 0 spiro atoms. The summed E-state index contributed by atoms with van der Waals surface area (Å²) in [4.78, 5) is 13.6. The third-order valence-electron chi connectivity index (χ3n) is 2.82. The maximum atomic E-state index is 11.8. The van der Waals surface area contributed by atoms with Gasteiger partial charge in [-0.25, -0.2) is 0 Å². The van der Waals surface area contributed by atoms with Gasteiger partial charge in [-0.2, -0.15) is 0 Å². The molecule has 0 saturated carbocycles. The van der Waals surface area contributed by atoms with Crippen molar-refractivity contribution in [3.63, 3.8) is 0 Å². The van der Waals surface area contributed by atoms with Crippen LogP contribution in [-0.2, 0) is 11.3 Å². The van der Waals surface area contributed by atoms with Gasteiger partial charge < -0.3 is 4.90 Å². The Balaban J connectivity index is 2.50. The summed E-state index contributed by atoms with van der Waals surface area (Å²) in [7, 11) is 1.82. The number of benzene rings is 1. The summed E-state index contributed by atoms with van der Waals surface area (Å²) in [5.41, 5.74) is 0.996. The number of nitrogens with zero attached hydrogens (tertiary/aromatic N) is 1. The minimum absolute atomic E-state index is 0.175. The first-order valence-electron chi connectivity index (χ1n) is 6.22. The largest absolute Gasteiger partial charge is 0.341 e. The van der Waals surface area contributed by atoms with Gasteiger partial charge in [0.2, 0.25) is 5.91 Å². The van der Waals surface area contributed by atoms with Gasteiger partial charge in [-0.3, -0.25) is 4.79 Å². The fourth-order valence-corrected chi connectivity index (χ4v) is 2.04. The maximum absolute atomic E-state index is 11.8. The molecule has 0 N–H and O–H groups in total. The van der Waals surface area contributed by atoms with Crippen molar-refractivity contribution in [2.24, 2.45) is 0 Å². The minimum atomic E-state index is 0.175. The zero-order valence-electron chi connectivity index (χ0n) is 10.9. The molecule has 0 radical (unpaired) electrons. The van der Waals surface area contributed by atoms with Crippen molar-refractivity contribution in [1.29, 1.82) is 0 Å². The van der Waals surface area contributed by atoms with E-state index < -0.39 is 0 Å². The third-order valence-corrected chi connectivity index (χ3v) is 3.56. The molecule has 0 saturated heterocycles. The van der Waals surface area contributed by atoms with Crippen molar-refractivity contribution >= 4 is 29.1 Å². The predicted molar refractivity (Wildman–Crippen MR) is 77.1 cm³/mol. The summed E-state index contributed by atoms with van der Waals surface area (Å²) in [6.45, 7) is 2.70. The average Bonchev–Trinajstić information content (AvgIpc) is 2.34. The Bertz CT molecular complexity index is 407. The van der Waals surface area contributed by atoms with E-state index in [0.717, 1.165) is 24.8 Å². The molecule has 0 atom stereocenters. The summed E-state index contributed by atoms with van der Waals surface area (Å²) >= 11 is 11.8. The minimum Gasteiger partial charge on any atom is -0.341 e. The van der Waals surface area contributed by atoms with Gasteiger partial charge in [0.05, 0.1) is 10.0 Å². The fourth-order valence-electron chi connectivity index (χ4n) is 1.72. The van der Waals surface area contributed by atoms with Crippen LogP contribution in [0.1, 0.15) is 38.2 Å². The topological polar surface area (TPSA) is 20.3 Å². The Morgan fingerprint density at radius 3 is 2.56 bits per heavy atom. The van der Waals surface area contributed by atoms with Crippen molar-refractivity contribution < 1.29 is 4.79 Å². The Labute approximate surface area is 119 Å². The van der Waals surface area contributed by atoms with Crippen molar-refractivity contribution in [3.05, 3.63) is 33.8 Å². The molecule has 2 nitrogen and oxygen atoms in total. The van der Waals surface area contributed by atoms with Crippen LogP contribution in [0.3, 0.4) is 0 Å². The molecular weight excluding hydrogens is 269 g/mol. The highest BCUT2D eigenvalue weighted by Crippen LogP contribution is 2.23. The summed E-state index contributed by atoms with van der Waals surface area (Å²) in [6.07, 6.45) is 3.81. The molecule has 1 amide bonds. The molecule has 1 aromatic rings. The number of hydrogen-bond donors (Lipinski definition) is 0. The molecule has 0 unspecified atom stereocenters. The lowest BCUT2D eigenvalue weighted by Crippen LogP contribution is -2.25. The summed E-state index contributed by atoms with van der Waals surface area (Å²) in [5.74, 6) is 0.175. The smallest absolute Gasteiger partial charge is 0.222 e. The lowest BCUT2D eigenvalue weighted by molar-refractivity contribution is -0.130. The van der Waals surface area contributed by atoms with Gasteiger partial charge in [-0.1, -0.05) is 49.0 Å². The second-order valence-corrected chi connectivity index (χ2v) is 5.27. The van der Waals surface area contributed by atoms with Crippen LogP contribution in [0, 0.1) is 0 Å². The molecule has 1 aromatic carbocycles. The van der Waals surface area contributed by atoms with Gasteiger partial charge in [0.1, 0.15) is 0 Å².